The summed E-state index contributed by atoms with van der Waals surface area (Å²) in [6.07, 6.45) is 9.61. The third-order valence-corrected chi connectivity index (χ3v) is 4.84. The van der Waals surface area contributed by atoms with Gasteiger partial charge in [0.1, 0.15) is 11.9 Å². The molecule has 0 radical (unpaired) electrons. The number of nitrogen functional groups attached to an aromatic ring is 2. The second-order valence-electron chi connectivity index (χ2n) is 7.34. The Bertz CT molecular complexity index is 1090. The van der Waals surface area contributed by atoms with Gasteiger partial charge in [0.15, 0.2) is 11.5 Å². The van der Waals surface area contributed by atoms with Gasteiger partial charge in [-0.3, -0.25) is 4.55 Å². The Labute approximate surface area is 181 Å². The maximum absolute atomic E-state index is 9.19. The first kappa shape index (κ1) is 22.6. The number of fused-ring (bicyclic) bond motifs is 1. The van der Waals surface area contributed by atoms with Crippen molar-refractivity contribution in [3.63, 3.8) is 0 Å². The van der Waals surface area contributed by atoms with Crippen molar-refractivity contribution in [3.05, 3.63) is 35.0 Å². The van der Waals surface area contributed by atoms with E-state index >= 15 is 0 Å². The molecular weight excluding hydrogens is 424 g/mol. The Kier molecular flexibility index (Phi) is 6.56. The van der Waals surface area contributed by atoms with Gasteiger partial charge in [-0.15, -0.1) is 0 Å². The number of ether oxygens (including phenoxy) is 3. The van der Waals surface area contributed by atoms with Crippen LogP contribution in [0.3, 0.4) is 0 Å². The Hall–Kier alpha value is -3.05. The minimum Gasteiger partial charge on any atom is -0.493 e. The summed E-state index contributed by atoms with van der Waals surface area (Å²) in [7, 11) is -0.427. The molecule has 2 aromatic rings. The number of anilines is 2. The molecule has 4 rings (SSSR count). The highest BCUT2D eigenvalue weighted by atomic mass is 32.2. The van der Waals surface area contributed by atoms with Crippen LogP contribution < -0.4 is 25.7 Å². The largest absolute Gasteiger partial charge is 0.493 e. The molecule has 1 atom stereocenters. The molecule has 5 N–H and O–H groups in total. The van der Waals surface area contributed by atoms with Gasteiger partial charge >= 0.3 is 0 Å². The van der Waals surface area contributed by atoms with Gasteiger partial charge in [0.25, 0.3) is 10.1 Å². The van der Waals surface area contributed by atoms with E-state index in [1.54, 1.807) is 20.4 Å². The Morgan fingerprint density at radius 3 is 2.45 bits per heavy atom. The average Bonchev–Trinajstić information content (AvgIpc) is 3.53. The summed E-state index contributed by atoms with van der Waals surface area (Å²) < 4.78 is 43.2. The number of benzene rings is 1. The zero-order chi connectivity index (χ0) is 22.8. The maximum atomic E-state index is 9.19. The topological polar surface area (TPSA) is 160 Å². The fourth-order valence-electron chi connectivity index (χ4n) is 3.29. The number of nitrogens with zero attached hydrogens (tertiary/aromatic N) is 2. The van der Waals surface area contributed by atoms with Crippen molar-refractivity contribution in [2.24, 2.45) is 5.92 Å². The van der Waals surface area contributed by atoms with Gasteiger partial charge < -0.3 is 25.7 Å². The van der Waals surface area contributed by atoms with E-state index in [1.165, 1.54) is 12.8 Å². The number of hydrogen-bond acceptors (Lipinski definition) is 9. The molecule has 2 aliphatic rings. The lowest BCUT2D eigenvalue weighted by molar-refractivity contribution is 0.209. The first-order valence-corrected chi connectivity index (χ1v) is 11.4. The zero-order valence-electron chi connectivity index (χ0n) is 17.5. The highest BCUT2D eigenvalue weighted by molar-refractivity contribution is 7.85. The van der Waals surface area contributed by atoms with Gasteiger partial charge in [-0.25, -0.2) is 4.98 Å². The first-order valence-electron chi connectivity index (χ1n) is 9.52. The van der Waals surface area contributed by atoms with Crippen LogP contribution >= 0.6 is 0 Å². The van der Waals surface area contributed by atoms with E-state index in [0.717, 1.165) is 22.4 Å². The molecule has 2 heterocycles. The van der Waals surface area contributed by atoms with Crippen LogP contribution in [0.2, 0.25) is 0 Å². The predicted octanol–water partition coefficient (Wildman–Crippen LogP) is 1.94. The number of nitrogens with two attached hydrogens (primary N) is 2. The van der Waals surface area contributed by atoms with E-state index < -0.39 is 10.1 Å². The van der Waals surface area contributed by atoms with Crippen molar-refractivity contribution in [1.82, 2.24) is 9.97 Å². The summed E-state index contributed by atoms with van der Waals surface area (Å²) in [6.45, 7) is 0. The van der Waals surface area contributed by atoms with Crippen LogP contribution in [0.5, 0.6) is 17.2 Å². The third-order valence-electron chi connectivity index (χ3n) is 4.84. The summed E-state index contributed by atoms with van der Waals surface area (Å²) >= 11 is 0. The smallest absolute Gasteiger partial charge is 0.261 e. The van der Waals surface area contributed by atoms with E-state index in [0.29, 0.717) is 35.9 Å². The quantitative estimate of drug-likeness (QED) is 0.574. The molecule has 1 aromatic carbocycles. The van der Waals surface area contributed by atoms with E-state index in [9.17, 15) is 8.42 Å². The maximum Gasteiger partial charge on any atom is 0.261 e. The van der Waals surface area contributed by atoms with E-state index in [1.807, 2.05) is 6.07 Å². The van der Waals surface area contributed by atoms with E-state index in [2.05, 4.69) is 22.1 Å². The number of rotatable bonds is 5. The SMILES string of the molecule is COc1cc(Cc2cnc(N)nc2N)c2c(c1OC)OC(C1CC1)C=C2.CS(=O)(=O)O. The fraction of sp³-hybridized carbons (Fsp3) is 0.400. The monoisotopic (exact) mass is 450 g/mol. The molecule has 1 aliphatic heterocycles. The molecule has 168 valence electrons. The number of hydrogen-bond donors (Lipinski definition) is 3. The molecule has 11 heteroatoms. The molecule has 0 saturated heterocycles. The Morgan fingerprint density at radius 1 is 1.23 bits per heavy atom. The molecule has 31 heavy (non-hydrogen) atoms. The van der Waals surface area contributed by atoms with Crippen LogP contribution in [0.4, 0.5) is 11.8 Å². The summed E-state index contributed by atoms with van der Waals surface area (Å²) in [5.74, 6) is 3.08. The molecule has 1 unspecified atom stereocenters. The van der Waals surface area contributed by atoms with Gasteiger partial charge in [0.2, 0.25) is 11.7 Å². The van der Waals surface area contributed by atoms with Crippen LogP contribution in [-0.2, 0) is 16.5 Å². The normalized spacial score (nSPS) is 17.1. The molecule has 1 fully saturated rings. The molecule has 1 aliphatic carbocycles. The lowest BCUT2D eigenvalue weighted by Gasteiger charge is -2.26. The van der Waals surface area contributed by atoms with E-state index in [-0.39, 0.29) is 12.1 Å². The minimum atomic E-state index is -3.67. The van der Waals surface area contributed by atoms with Gasteiger partial charge in [-0.05, 0) is 36.5 Å². The van der Waals surface area contributed by atoms with Crippen molar-refractivity contribution in [2.75, 3.05) is 31.9 Å². The second-order valence-corrected chi connectivity index (χ2v) is 8.81. The van der Waals surface area contributed by atoms with Crippen LogP contribution in [0.1, 0.15) is 29.5 Å². The number of aromatic nitrogens is 2. The minimum absolute atomic E-state index is 0.0845. The van der Waals surface area contributed by atoms with Gasteiger partial charge in [-0.1, -0.05) is 6.08 Å². The summed E-state index contributed by atoms with van der Waals surface area (Å²) in [6, 6.07) is 1.94. The van der Waals surface area contributed by atoms with Crippen molar-refractivity contribution in [3.8, 4) is 17.2 Å². The van der Waals surface area contributed by atoms with Gasteiger partial charge in [-0.2, -0.15) is 13.4 Å². The molecular formula is C20H26N4O6S. The van der Waals surface area contributed by atoms with Crippen molar-refractivity contribution >= 4 is 28.0 Å². The van der Waals surface area contributed by atoms with Crippen molar-refractivity contribution in [1.29, 1.82) is 0 Å². The van der Waals surface area contributed by atoms with Crippen LogP contribution in [0.25, 0.3) is 6.08 Å². The molecule has 0 amide bonds. The summed E-state index contributed by atoms with van der Waals surface area (Å²) in [5.41, 5.74) is 14.4. The fourth-order valence-corrected chi connectivity index (χ4v) is 3.29. The summed E-state index contributed by atoms with van der Waals surface area (Å²) in [4.78, 5) is 8.09. The summed E-state index contributed by atoms with van der Waals surface area (Å²) in [5, 5.41) is 0. The van der Waals surface area contributed by atoms with E-state index in [4.69, 9.17) is 30.2 Å². The predicted molar refractivity (Wildman–Crippen MR) is 117 cm³/mol. The molecule has 1 saturated carbocycles. The third kappa shape index (κ3) is 5.76. The zero-order valence-corrected chi connectivity index (χ0v) is 18.3. The van der Waals surface area contributed by atoms with Crippen molar-refractivity contribution in [2.45, 2.75) is 25.4 Å². The van der Waals surface area contributed by atoms with Crippen LogP contribution in [0.15, 0.2) is 18.3 Å². The highest BCUT2D eigenvalue weighted by Crippen LogP contribution is 2.48. The molecule has 10 nitrogen and oxygen atoms in total. The number of methoxy groups -OCH3 is 2. The van der Waals surface area contributed by atoms with Gasteiger partial charge in [0, 0.05) is 23.7 Å². The van der Waals surface area contributed by atoms with Gasteiger partial charge in [0.05, 0.1) is 20.5 Å². The van der Waals surface area contributed by atoms with Crippen LogP contribution in [-0.4, -0.2) is 49.5 Å². The van der Waals surface area contributed by atoms with Crippen molar-refractivity contribution < 1.29 is 27.2 Å². The second kappa shape index (κ2) is 8.98. The lowest BCUT2D eigenvalue weighted by Crippen LogP contribution is -2.20. The van der Waals surface area contributed by atoms with Crippen LogP contribution in [0, 0.1) is 5.92 Å². The highest BCUT2D eigenvalue weighted by Gasteiger charge is 2.35. The molecule has 0 spiro atoms. The lowest BCUT2D eigenvalue weighted by atomic mass is 9.96. The average molecular weight is 451 g/mol. The standard InChI is InChI=1S/C19H22N4O3.CH4O3S/c1-24-15-8-11(7-12-9-22-19(21)23-18(12)20)13-5-6-14(10-3-4-10)26-16(13)17(15)25-2;1-5(2,3)4/h5-6,8-10,14H,3-4,7H2,1-2H3,(H4,20,21,22,23);1H3,(H,2,3,4). The Balaban J connectivity index is 0.000000491. The first-order chi connectivity index (χ1) is 14.6. The Morgan fingerprint density at radius 2 is 1.90 bits per heavy atom. The molecule has 1 aromatic heterocycles. The molecule has 0 bridgehead atoms.